The lowest BCUT2D eigenvalue weighted by Gasteiger charge is -2.32. The SMILES string of the molecule is CC(C)c1cc(C(=O)N2CCCC[C@@H]2c2nnc(C3CCOCC3)o2)no1. The van der Waals surface area contributed by atoms with Crippen LogP contribution in [0.25, 0.3) is 0 Å². The highest BCUT2D eigenvalue weighted by atomic mass is 16.5. The first-order chi connectivity index (χ1) is 13.1. The number of likely N-dealkylation sites (tertiary alicyclic amines) is 1. The van der Waals surface area contributed by atoms with E-state index in [4.69, 9.17) is 13.7 Å². The molecule has 1 amide bonds. The molecule has 27 heavy (non-hydrogen) atoms. The fourth-order valence-corrected chi connectivity index (χ4v) is 3.73. The van der Waals surface area contributed by atoms with Crippen molar-refractivity contribution >= 4 is 5.91 Å². The van der Waals surface area contributed by atoms with Crippen LogP contribution in [0.15, 0.2) is 15.0 Å². The van der Waals surface area contributed by atoms with E-state index in [0.29, 0.717) is 29.8 Å². The normalized spacial score (nSPS) is 21.7. The van der Waals surface area contributed by atoms with Gasteiger partial charge in [0.1, 0.15) is 11.8 Å². The molecule has 2 fully saturated rings. The molecule has 4 heterocycles. The van der Waals surface area contributed by atoms with Crippen LogP contribution in [0.2, 0.25) is 0 Å². The first kappa shape index (κ1) is 18.2. The topological polar surface area (TPSA) is 94.5 Å². The maximum absolute atomic E-state index is 13.0. The van der Waals surface area contributed by atoms with Crippen molar-refractivity contribution in [3.63, 3.8) is 0 Å². The van der Waals surface area contributed by atoms with E-state index in [9.17, 15) is 4.79 Å². The van der Waals surface area contributed by atoms with Gasteiger partial charge in [0.15, 0.2) is 5.69 Å². The molecule has 8 heteroatoms. The summed E-state index contributed by atoms with van der Waals surface area (Å²) >= 11 is 0. The summed E-state index contributed by atoms with van der Waals surface area (Å²) in [6.45, 7) is 6.12. The quantitative estimate of drug-likeness (QED) is 0.809. The van der Waals surface area contributed by atoms with Crippen molar-refractivity contribution in [2.45, 2.75) is 63.8 Å². The molecule has 0 spiro atoms. The lowest BCUT2D eigenvalue weighted by atomic mass is 10.0. The third-order valence-corrected chi connectivity index (χ3v) is 5.39. The number of carbonyl (C=O) groups is 1. The Morgan fingerprint density at radius 2 is 1.93 bits per heavy atom. The van der Waals surface area contributed by atoms with Crippen LogP contribution in [0.5, 0.6) is 0 Å². The van der Waals surface area contributed by atoms with E-state index in [1.54, 1.807) is 11.0 Å². The van der Waals surface area contributed by atoms with Gasteiger partial charge in [0.2, 0.25) is 11.8 Å². The first-order valence-electron chi connectivity index (χ1n) is 9.82. The van der Waals surface area contributed by atoms with Crippen LogP contribution in [0.3, 0.4) is 0 Å². The Labute approximate surface area is 158 Å². The molecule has 0 N–H and O–H groups in total. The summed E-state index contributed by atoms with van der Waals surface area (Å²) in [6, 6.07) is 1.53. The third-order valence-electron chi connectivity index (χ3n) is 5.39. The van der Waals surface area contributed by atoms with Crippen LogP contribution in [0.4, 0.5) is 0 Å². The molecule has 0 radical (unpaired) electrons. The zero-order chi connectivity index (χ0) is 18.8. The average molecular weight is 374 g/mol. The molecule has 1 atom stereocenters. The fourth-order valence-electron chi connectivity index (χ4n) is 3.73. The van der Waals surface area contributed by atoms with E-state index in [1.165, 1.54) is 0 Å². The van der Waals surface area contributed by atoms with Crippen LogP contribution in [-0.2, 0) is 4.74 Å². The Morgan fingerprint density at radius 1 is 1.15 bits per heavy atom. The monoisotopic (exact) mass is 374 g/mol. The van der Waals surface area contributed by atoms with Gasteiger partial charge in [0.05, 0.1) is 0 Å². The molecule has 0 aliphatic carbocycles. The maximum atomic E-state index is 13.0. The smallest absolute Gasteiger partial charge is 0.276 e. The van der Waals surface area contributed by atoms with Gasteiger partial charge in [-0.25, -0.2) is 0 Å². The van der Waals surface area contributed by atoms with Crippen molar-refractivity contribution in [1.82, 2.24) is 20.3 Å². The molecule has 2 aromatic heterocycles. The second-order valence-corrected chi connectivity index (χ2v) is 7.64. The molecule has 0 aromatic carbocycles. The summed E-state index contributed by atoms with van der Waals surface area (Å²) in [5.74, 6) is 2.20. The molecule has 2 aliphatic rings. The summed E-state index contributed by atoms with van der Waals surface area (Å²) in [6.07, 6.45) is 4.59. The van der Waals surface area contributed by atoms with Crippen LogP contribution in [-0.4, -0.2) is 45.9 Å². The van der Waals surface area contributed by atoms with Gasteiger partial charge in [-0.3, -0.25) is 4.79 Å². The number of hydrogen-bond donors (Lipinski definition) is 0. The van der Waals surface area contributed by atoms with Crippen molar-refractivity contribution in [2.24, 2.45) is 0 Å². The number of carbonyl (C=O) groups excluding carboxylic acids is 1. The van der Waals surface area contributed by atoms with Crippen LogP contribution < -0.4 is 0 Å². The minimum absolute atomic E-state index is 0.138. The largest absolute Gasteiger partial charge is 0.423 e. The molecule has 146 valence electrons. The predicted octanol–water partition coefficient (Wildman–Crippen LogP) is 3.44. The minimum atomic E-state index is -0.202. The van der Waals surface area contributed by atoms with Crippen molar-refractivity contribution < 1.29 is 18.5 Å². The average Bonchev–Trinajstić information content (AvgIpc) is 3.38. The molecule has 2 saturated heterocycles. The van der Waals surface area contributed by atoms with Crippen LogP contribution in [0, 0.1) is 0 Å². The molecular weight excluding hydrogens is 348 g/mol. The number of ether oxygens (including phenoxy) is 1. The van der Waals surface area contributed by atoms with Crippen molar-refractivity contribution in [3.8, 4) is 0 Å². The lowest BCUT2D eigenvalue weighted by molar-refractivity contribution is 0.0551. The number of hydrogen-bond acceptors (Lipinski definition) is 7. The summed E-state index contributed by atoms with van der Waals surface area (Å²) < 4.78 is 16.7. The number of rotatable bonds is 4. The number of nitrogens with zero attached hydrogens (tertiary/aromatic N) is 4. The summed E-state index contributed by atoms with van der Waals surface area (Å²) in [5, 5.41) is 12.5. The number of amides is 1. The minimum Gasteiger partial charge on any atom is -0.423 e. The third kappa shape index (κ3) is 3.76. The predicted molar refractivity (Wildman–Crippen MR) is 95.3 cm³/mol. The Bertz CT molecular complexity index is 778. The van der Waals surface area contributed by atoms with Gasteiger partial charge in [0, 0.05) is 37.7 Å². The second-order valence-electron chi connectivity index (χ2n) is 7.64. The van der Waals surface area contributed by atoms with Crippen molar-refractivity contribution in [3.05, 3.63) is 29.3 Å². The van der Waals surface area contributed by atoms with E-state index in [2.05, 4.69) is 15.4 Å². The van der Waals surface area contributed by atoms with Crippen LogP contribution >= 0.6 is 0 Å². The zero-order valence-electron chi connectivity index (χ0n) is 15.9. The summed E-state index contributed by atoms with van der Waals surface area (Å²) in [4.78, 5) is 14.8. The van der Waals surface area contributed by atoms with Gasteiger partial charge in [-0.1, -0.05) is 19.0 Å². The van der Waals surface area contributed by atoms with E-state index in [0.717, 1.165) is 45.3 Å². The van der Waals surface area contributed by atoms with Gasteiger partial charge >= 0.3 is 0 Å². The second kappa shape index (κ2) is 7.80. The molecule has 4 rings (SSSR count). The zero-order valence-corrected chi connectivity index (χ0v) is 15.9. The molecular formula is C19H26N4O4. The molecule has 2 aromatic rings. The summed E-state index contributed by atoms with van der Waals surface area (Å²) in [5.41, 5.74) is 0.342. The van der Waals surface area contributed by atoms with Crippen molar-refractivity contribution in [1.29, 1.82) is 0 Å². The van der Waals surface area contributed by atoms with E-state index >= 15 is 0 Å². The maximum Gasteiger partial charge on any atom is 0.276 e. The highest BCUT2D eigenvalue weighted by Crippen LogP contribution is 2.34. The van der Waals surface area contributed by atoms with Gasteiger partial charge in [-0.15, -0.1) is 10.2 Å². The highest BCUT2D eigenvalue weighted by molar-refractivity contribution is 5.92. The summed E-state index contributed by atoms with van der Waals surface area (Å²) in [7, 11) is 0. The standard InChI is InChI=1S/C19H26N4O4/c1-12(2)16-11-14(22-27-16)19(24)23-8-4-3-5-15(23)18-21-20-17(26-18)13-6-9-25-10-7-13/h11-13,15H,3-10H2,1-2H3/t15-/m1/s1. The molecule has 0 unspecified atom stereocenters. The first-order valence-corrected chi connectivity index (χ1v) is 9.82. The number of piperidine rings is 1. The molecule has 0 saturated carbocycles. The fraction of sp³-hybridized carbons (Fsp3) is 0.684. The van der Waals surface area contributed by atoms with E-state index < -0.39 is 0 Å². The van der Waals surface area contributed by atoms with Gasteiger partial charge in [0.25, 0.3) is 5.91 Å². The van der Waals surface area contributed by atoms with Crippen molar-refractivity contribution in [2.75, 3.05) is 19.8 Å². The van der Waals surface area contributed by atoms with E-state index in [1.807, 2.05) is 13.8 Å². The Kier molecular flexibility index (Phi) is 5.24. The lowest BCUT2D eigenvalue weighted by Crippen LogP contribution is -2.38. The Balaban J connectivity index is 1.53. The molecule has 8 nitrogen and oxygen atoms in total. The Morgan fingerprint density at radius 3 is 2.67 bits per heavy atom. The van der Waals surface area contributed by atoms with Gasteiger partial charge in [-0.05, 0) is 32.1 Å². The molecule has 0 bridgehead atoms. The van der Waals surface area contributed by atoms with Gasteiger partial charge < -0.3 is 18.6 Å². The molecule has 2 aliphatic heterocycles. The highest BCUT2D eigenvalue weighted by Gasteiger charge is 2.34. The Hall–Kier alpha value is -2.22. The van der Waals surface area contributed by atoms with Gasteiger partial charge in [-0.2, -0.15) is 0 Å². The van der Waals surface area contributed by atoms with Crippen LogP contribution in [0.1, 0.15) is 91.9 Å². The number of aromatic nitrogens is 3. The van der Waals surface area contributed by atoms with E-state index in [-0.39, 0.29) is 23.8 Å².